The van der Waals surface area contributed by atoms with E-state index in [9.17, 15) is 23.3 Å². The van der Waals surface area contributed by atoms with Crippen LogP contribution >= 0.6 is 0 Å². The topological polar surface area (TPSA) is 120 Å². The van der Waals surface area contributed by atoms with Crippen molar-refractivity contribution in [1.29, 1.82) is 0 Å². The summed E-state index contributed by atoms with van der Waals surface area (Å²) in [5.74, 6) is 0.235. The van der Waals surface area contributed by atoms with Crippen LogP contribution in [0, 0.1) is 10.1 Å². The van der Waals surface area contributed by atoms with Crippen molar-refractivity contribution in [1.82, 2.24) is 4.90 Å². The van der Waals surface area contributed by atoms with Crippen molar-refractivity contribution < 1.29 is 27.3 Å². The zero-order valence-electron chi connectivity index (χ0n) is 14.3. The van der Waals surface area contributed by atoms with Gasteiger partial charge in [-0.05, 0) is 24.6 Å². The summed E-state index contributed by atoms with van der Waals surface area (Å²) >= 11 is 0. The first kappa shape index (κ1) is 18.9. The molecule has 1 fully saturated rings. The van der Waals surface area contributed by atoms with Crippen LogP contribution in [0.5, 0.6) is 5.75 Å². The van der Waals surface area contributed by atoms with Crippen LogP contribution in [0.1, 0.15) is 12.2 Å². The second-order valence-electron chi connectivity index (χ2n) is 6.20. The Kier molecular flexibility index (Phi) is 5.45. The van der Waals surface area contributed by atoms with Crippen LogP contribution in [0.25, 0.3) is 0 Å². The number of ether oxygens (including phenoxy) is 1. The van der Waals surface area contributed by atoms with E-state index in [0.29, 0.717) is 12.2 Å². The van der Waals surface area contributed by atoms with Gasteiger partial charge in [0.25, 0.3) is 11.6 Å². The van der Waals surface area contributed by atoms with Crippen molar-refractivity contribution in [2.24, 2.45) is 0 Å². The number of furan rings is 1. The molecule has 2 heterocycles. The molecule has 1 aliphatic rings. The summed E-state index contributed by atoms with van der Waals surface area (Å²) < 4.78 is 34.3. The molecule has 144 valence electrons. The van der Waals surface area contributed by atoms with Crippen molar-refractivity contribution in [3.05, 3.63) is 58.5 Å². The molecule has 1 aromatic heterocycles. The van der Waals surface area contributed by atoms with Gasteiger partial charge in [-0.3, -0.25) is 14.9 Å². The molecule has 1 aromatic carbocycles. The Hall–Kier alpha value is -2.88. The maximum absolute atomic E-state index is 12.7. The van der Waals surface area contributed by atoms with E-state index in [-0.39, 0.29) is 36.1 Å². The molecule has 0 spiro atoms. The monoisotopic (exact) mass is 394 g/mol. The van der Waals surface area contributed by atoms with Gasteiger partial charge in [0.05, 0.1) is 35.3 Å². The number of carbonyl (C=O) groups is 1. The van der Waals surface area contributed by atoms with Gasteiger partial charge in [0.15, 0.2) is 16.4 Å². The maximum Gasteiger partial charge on any atom is 0.273 e. The van der Waals surface area contributed by atoms with Crippen molar-refractivity contribution in [3.8, 4) is 5.75 Å². The molecular weight excluding hydrogens is 376 g/mol. The quantitative estimate of drug-likeness (QED) is 0.518. The van der Waals surface area contributed by atoms with Crippen molar-refractivity contribution in [3.63, 3.8) is 0 Å². The molecule has 2 aromatic rings. The Morgan fingerprint density at radius 2 is 2.15 bits per heavy atom. The molecule has 0 unspecified atom stereocenters. The van der Waals surface area contributed by atoms with Gasteiger partial charge < -0.3 is 14.1 Å². The number of nitro benzene ring substituents is 1. The van der Waals surface area contributed by atoms with Gasteiger partial charge >= 0.3 is 0 Å². The summed E-state index contributed by atoms with van der Waals surface area (Å²) in [6.07, 6.45) is 1.83. The number of sulfone groups is 1. The van der Waals surface area contributed by atoms with Gasteiger partial charge in [0.2, 0.25) is 0 Å². The lowest BCUT2D eigenvalue weighted by Crippen LogP contribution is -2.43. The molecule has 0 N–H and O–H groups in total. The van der Waals surface area contributed by atoms with Crippen LogP contribution in [-0.2, 0) is 21.2 Å². The number of rotatable bonds is 7. The number of nitrogens with zero attached hydrogens (tertiary/aromatic N) is 2. The second kappa shape index (κ2) is 7.78. The smallest absolute Gasteiger partial charge is 0.273 e. The molecule has 10 heteroatoms. The molecule has 0 bridgehead atoms. The SMILES string of the molecule is O=C(COc1cccc([N+](=O)[O-])c1)N(Cc1ccco1)[C@@H]1CCS(=O)(=O)C1. The minimum atomic E-state index is -3.18. The van der Waals surface area contributed by atoms with E-state index in [1.54, 1.807) is 12.1 Å². The van der Waals surface area contributed by atoms with Crippen molar-refractivity contribution in [2.75, 3.05) is 18.1 Å². The van der Waals surface area contributed by atoms with Gasteiger partial charge in [-0.2, -0.15) is 0 Å². The first-order chi connectivity index (χ1) is 12.8. The molecule has 27 heavy (non-hydrogen) atoms. The lowest BCUT2D eigenvalue weighted by molar-refractivity contribution is -0.384. The summed E-state index contributed by atoms with van der Waals surface area (Å²) in [5, 5.41) is 10.8. The fourth-order valence-electron chi connectivity index (χ4n) is 2.93. The second-order valence-corrected chi connectivity index (χ2v) is 8.43. The average molecular weight is 394 g/mol. The Balaban J connectivity index is 1.71. The van der Waals surface area contributed by atoms with Crippen molar-refractivity contribution in [2.45, 2.75) is 19.0 Å². The molecule has 3 rings (SSSR count). The lowest BCUT2D eigenvalue weighted by atomic mass is 10.2. The molecule has 0 radical (unpaired) electrons. The first-order valence-corrected chi connectivity index (χ1v) is 10.1. The number of non-ortho nitro benzene ring substituents is 1. The number of nitro groups is 1. The van der Waals surface area contributed by atoms with E-state index >= 15 is 0 Å². The number of hydrogen-bond acceptors (Lipinski definition) is 7. The van der Waals surface area contributed by atoms with Crippen LogP contribution in [-0.4, -0.2) is 48.3 Å². The van der Waals surface area contributed by atoms with Crippen LogP contribution < -0.4 is 4.74 Å². The third-order valence-electron chi connectivity index (χ3n) is 4.27. The number of amides is 1. The standard InChI is InChI=1S/C17H18N2O7S/c20-17(11-26-15-4-1-3-13(9-15)19(21)22)18(10-16-5-2-7-25-16)14-6-8-27(23,24)12-14/h1-5,7,9,14H,6,8,10-12H2/t14-/m1/s1. The van der Waals surface area contributed by atoms with Gasteiger partial charge in [-0.25, -0.2) is 8.42 Å². The third-order valence-corrected chi connectivity index (χ3v) is 6.02. The zero-order valence-corrected chi connectivity index (χ0v) is 15.1. The maximum atomic E-state index is 12.7. The minimum absolute atomic E-state index is 0.0331. The number of benzene rings is 1. The average Bonchev–Trinajstić information content (AvgIpc) is 3.27. The first-order valence-electron chi connectivity index (χ1n) is 8.23. The van der Waals surface area contributed by atoms with E-state index in [4.69, 9.17) is 9.15 Å². The summed E-state index contributed by atoms with van der Waals surface area (Å²) in [5.41, 5.74) is -0.144. The van der Waals surface area contributed by atoms with Gasteiger partial charge in [0.1, 0.15) is 11.5 Å². The molecular formula is C17H18N2O7S. The van der Waals surface area contributed by atoms with Crippen LogP contribution in [0.2, 0.25) is 0 Å². The summed E-state index contributed by atoms with van der Waals surface area (Å²) in [7, 11) is -3.18. The molecule has 1 aliphatic heterocycles. The largest absolute Gasteiger partial charge is 0.484 e. The van der Waals surface area contributed by atoms with E-state index < -0.39 is 26.7 Å². The van der Waals surface area contributed by atoms with E-state index in [2.05, 4.69) is 0 Å². The lowest BCUT2D eigenvalue weighted by Gasteiger charge is -2.27. The predicted molar refractivity (Wildman–Crippen MR) is 94.9 cm³/mol. The Labute approximate surface area is 155 Å². The van der Waals surface area contributed by atoms with Crippen LogP contribution in [0.15, 0.2) is 47.1 Å². The molecule has 1 amide bonds. The third kappa shape index (κ3) is 4.85. The number of hydrogen-bond donors (Lipinski definition) is 0. The Morgan fingerprint density at radius 3 is 2.78 bits per heavy atom. The van der Waals surface area contributed by atoms with E-state index in [1.165, 1.54) is 35.4 Å². The highest BCUT2D eigenvalue weighted by molar-refractivity contribution is 7.91. The highest BCUT2D eigenvalue weighted by Gasteiger charge is 2.35. The summed E-state index contributed by atoms with van der Waals surface area (Å²) in [4.78, 5) is 24.4. The molecule has 9 nitrogen and oxygen atoms in total. The van der Waals surface area contributed by atoms with E-state index in [1.807, 2.05) is 0 Å². The highest BCUT2D eigenvalue weighted by atomic mass is 32.2. The molecule has 1 saturated heterocycles. The van der Waals surface area contributed by atoms with Gasteiger partial charge in [-0.1, -0.05) is 6.07 Å². The minimum Gasteiger partial charge on any atom is -0.484 e. The Bertz CT molecular complexity index is 925. The normalized spacial score (nSPS) is 18.1. The molecule has 0 aliphatic carbocycles. The summed E-state index contributed by atoms with van der Waals surface area (Å²) in [6, 6.07) is 8.44. The van der Waals surface area contributed by atoms with Gasteiger partial charge in [0, 0.05) is 12.1 Å². The van der Waals surface area contributed by atoms with Crippen LogP contribution in [0.3, 0.4) is 0 Å². The predicted octanol–water partition coefficient (Wildman–Crippen LogP) is 1.78. The van der Waals surface area contributed by atoms with Crippen LogP contribution in [0.4, 0.5) is 5.69 Å². The number of carbonyl (C=O) groups excluding carboxylic acids is 1. The van der Waals surface area contributed by atoms with Gasteiger partial charge in [-0.15, -0.1) is 0 Å². The Morgan fingerprint density at radius 1 is 1.33 bits per heavy atom. The fourth-order valence-corrected chi connectivity index (χ4v) is 4.66. The zero-order chi connectivity index (χ0) is 19.4. The fraction of sp³-hybridized carbons (Fsp3) is 0.353. The van der Waals surface area contributed by atoms with E-state index in [0.717, 1.165) is 0 Å². The van der Waals surface area contributed by atoms with Crippen molar-refractivity contribution >= 4 is 21.4 Å². The molecule has 1 atom stereocenters. The summed E-state index contributed by atoms with van der Waals surface area (Å²) in [6.45, 7) is -0.233. The molecule has 0 saturated carbocycles. The highest BCUT2D eigenvalue weighted by Crippen LogP contribution is 2.22.